The molecule has 2 aromatic rings. The Bertz CT molecular complexity index is 496. The first kappa shape index (κ1) is 11.7. The van der Waals surface area contributed by atoms with Gasteiger partial charge in [0.15, 0.2) is 5.82 Å². The Morgan fingerprint density at radius 3 is 2.94 bits per heavy atom. The molecule has 0 aliphatic rings. The molecule has 0 spiro atoms. The summed E-state index contributed by atoms with van der Waals surface area (Å²) in [4.78, 5) is 4.19. The summed E-state index contributed by atoms with van der Waals surface area (Å²) in [6, 6.07) is 6.44. The maximum absolute atomic E-state index is 13.0. The fraction of sp³-hybridized carbons (Fsp3) is 0.333. The van der Waals surface area contributed by atoms with Gasteiger partial charge < -0.3 is 9.84 Å². The van der Waals surface area contributed by atoms with E-state index in [4.69, 9.17) is 4.52 Å². The number of benzene rings is 1. The molecule has 0 aliphatic carbocycles. The van der Waals surface area contributed by atoms with Gasteiger partial charge in [-0.05, 0) is 18.2 Å². The van der Waals surface area contributed by atoms with Crippen LogP contribution in [0.25, 0.3) is 11.5 Å². The van der Waals surface area contributed by atoms with Crippen LogP contribution >= 0.6 is 0 Å². The van der Waals surface area contributed by atoms with Crippen molar-refractivity contribution in [3.63, 3.8) is 0 Å². The lowest BCUT2D eigenvalue weighted by Gasteiger charge is -2.03. The third-order valence-corrected chi connectivity index (χ3v) is 2.21. The average molecular weight is 235 g/mol. The lowest BCUT2D eigenvalue weighted by atomic mass is 10.2. The second-order valence-electron chi connectivity index (χ2n) is 4.06. The zero-order valence-corrected chi connectivity index (χ0v) is 9.77. The van der Waals surface area contributed by atoms with E-state index >= 15 is 0 Å². The second-order valence-corrected chi connectivity index (χ2v) is 4.06. The lowest BCUT2D eigenvalue weighted by molar-refractivity contribution is 0.417. The number of nitrogens with one attached hydrogen (secondary N) is 1. The van der Waals surface area contributed by atoms with Crippen molar-refractivity contribution in [1.29, 1.82) is 0 Å². The Morgan fingerprint density at radius 1 is 1.41 bits per heavy atom. The fourth-order valence-corrected chi connectivity index (χ4v) is 1.36. The zero-order valence-electron chi connectivity index (χ0n) is 9.77. The van der Waals surface area contributed by atoms with E-state index in [0.717, 1.165) is 0 Å². The summed E-state index contributed by atoms with van der Waals surface area (Å²) in [5.41, 5.74) is 0.591. The molecule has 5 heteroatoms. The predicted molar refractivity (Wildman–Crippen MR) is 61.7 cm³/mol. The van der Waals surface area contributed by atoms with E-state index < -0.39 is 0 Å². The van der Waals surface area contributed by atoms with E-state index in [2.05, 4.69) is 15.5 Å². The first-order valence-corrected chi connectivity index (χ1v) is 5.47. The van der Waals surface area contributed by atoms with Gasteiger partial charge in [0.2, 0.25) is 0 Å². The summed E-state index contributed by atoms with van der Waals surface area (Å²) in [5, 5.41) is 7.00. The largest absolute Gasteiger partial charge is 0.334 e. The van der Waals surface area contributed by atoms with Crippen LogP contribution in [0, 0.1) is 5.82 Å². The van der Waals surface area contributed by atoms with Gasteiger partial charge in [-0.2, -0.15) is 4.98 Å². The maximum atomic E-state index is 13.0. The Hall–Kier alpha value is -1.75. The number of halogens is 1. The molecule has 1 aromatic heterocycles. The number of aromatic nitrogens is 2. The summed E-state index contributed by atoms with van der Waals surface area (Å²) in [7, 11) is 0. The minimum atomic E-state index is -0.317. The summed E-state index contributed by atoms with van der Waals surface area (Å²) in [6.45, 7) is 4.61. The molecule has 0 aliphatic heterocycles. The number of rotatable bonds is 4. The smallest absolute Gasteiger partial charge is 0.258 e. The highest BCUT2D eigenvalue weighted by atomic mass is 19.1. The number of nitrogens with zero attached hydrogens (tertiary/aromatic N) is 2. The molecule has 0 fully saturated rings. The minimum absolute atomic E-state index is 0.317. The highest BCUT2D eigenvalue weighted by molar-refractivity contribution is 5.52. The van der Waals surface area contributed by atoms with Crippen LogP contribution in [0.1, 0.15) is 19.7 Å². The molecule has 90 valence electrons. The van der Waals surface area contributed by atoms with Crippen LogP contribution in [0.2, 0.25) is 0 Å². The maximum Gasteiger partial charge on any atom is 0.258 e. The topological polar surface area (TPSA) is 51.0 Å². The van der Waals surface area contributed by atoms with E-state index in [1.54, 1.807) is 12.1 Å². The summed E-state index contributed by atoms with van der Waals surface area (Å²) in [5.74, 6) is 0.588. The van der Waals surface area contributed by atoms with E-state index in [0.29, 0.717) is 29.9 Å². The first-order chi connectivity index (χ1) is 8.15. The van der Waals surface area contributed by atoms with Crippen molar-refractivity contribution < 1.29 is 8.91 Å². The molecule has 0 bridgehead atoms. The monoisotopic (exact) mass is 235 g/mol. The van der Waals surface area contributed by atoms with E-state index in [1.165, 1.54) is 12.1 Å². The van der Waals surface area contributed by atoms with E-state index in [9.17, 15) is 4.39 Å². The summed E-state index contributed by atoms with van der Waals surface area (Å²) in [6.07, 6.45) is 0. The van der Waals surface area contributed by atoms with Gasteiger partial charge in [0.1, 0.15) is 5.82 Å². The fourth-order valence-electron chi connectivity index (χ4n) is 1.36. The molecule has 1 heterocycles. The van der Waals surface area contributed by atoms with Gasteiger partial charge in [-0.25, -0.2) is 4.39 Å². The number of hydrogen-bond donors (Lipinski definition) is 1. The Labute approximate surface area is 98.8 Å². The molecule has 0 amide bonds. The van der Waals surface area contributed by atoms with Crippen molar-refractivity contribution in [3.05, 3.63) is 35.9 Å². The van der Waals surface area contributed by atoms with Crippen LogP contribution in [-0.4, -0.2) is 16.2 Å². The zero-order chi connectivity index (χ0) is 12.3. The SMILES string of the molecule is CC(C)NCc1noc(-c2cccc(F)c2)n1. The minimum Gasteiger partial charge on any atom is -0.334 e. The molecule has 0 saturated heterocycles. The quantitative estimate of drug-likeness (QED) is 0.883. The van der Waals surface area contributed by atoms with Crippen molar-refractivity contribution in [2.75, 3.05) is 0 Å². The summed E-state index contributed by atoms with van der Waals surface area (Å²) < 4.78 is 18.1. The summed E-state index contributed by atoms with van der Waals surface area (Å²) >= 11 is 0. The molecule has 0 atom stereocenters. The third kappa shape index (κ3) is 3.10. The first-order valence-electron chi connectivity index (χ1n) is 5.47. The molecule has 17 heavy (non-hydrogen) atoms. The van der Waals surface area contributed by atoms with Crippen molar-refractivity contribution >= 4 is 0 Å². The molecule has 0 radical (unpaired) electrons. The second kappa shape index (κ2) is 5.05. The van der Waals surface area contributed by atoms with Crippen molar-refractivity contribution in [3.8, 4) is 11.5 Å². The van der Waals surface area contributed by atoms with Crippen molar-refractivity contribution in [1.82, 2.24) is 15.5 Å². The van der Waals surface area contributed by atoms with Gasteiger partial charge in [-0.3, -0.25) is 0 Å². The molecule has 0 unspecified atom stereocenters. The van der Waals surface area contributed by atoms with E-state index in [-0.39, 0.29) is 5.82 Å². The number of hydrogen-bond acceptors (Lipinski definition) is 4. The molecule has 1 aromatic carbocycles. The Kier molecular flexibility index (Phi) is 3.49. The molecule has 2 rings (SSSR count). The van der Waals surface area contributed by atoms with Gasteiger partial charge in [-0.15, -0.1) is 0 Å². The van der Waals surface area contributed by atoms with Crippen molar-refractivity contribution in [2.45, 2.75) is 26.4 Å². The predicted octanol–water partition coefficient (Wildman–Crippen LogP) is 2.37. The standard InChI is InChI=1S/C12H14FN3O/c1-8(2)14-7-11-15-12(17-16-11)9-4-3-5-10(13)6-9/h3-6,8,14H,7H2,1-2H3. The van der Waals surface area contributed by atoms with Gasteiger partial charge in [0.25, 0.3) is 5.89 Å². The van der Waals surface area contributed by atoms with Crippen LogP contribution in [0.3, 0.4) is 0 Å². The molecular weight excluding hydrogens is 221 g/mol. The molecule has 0 saturated carbocycles. The van der Waals surface area contributed by atoms with Crippen LogP contribution in [0.5, 0.6) is 0 Å². The van der Waals surface area contributed by atoms with Gasteiger partial charge in [0.05, 0.1) is 6.54 Å². The van der Waals surface area contributed by atoms with Gasteiger partial charge in [-0.1, -0.05) is 25.1 Å². The van der Waals surface area contributed by atoms with Gasteiger partial charge >= 0.3 is 0 Å². The van der Waals surface area contributed by atoms with E-state index in [1.807, 2.05) is 13.8 Å². The molecular formula is C12H14FN3O. The Morgan fingerprint density at radius 2 is 2.24 bits per heavy atom. The third-order valence-electron chi connectivity index (χ3n) is 2.21. The lowest BCUT2D eigenvalue weighted by Crippen LogP contribution is -2.22. The Balaban J connectivity index is 2.12. The van der Waals surface area contributed by atoms with Crippen LogP contribution in [0.4, 0.5) is 4.39 Å². The highest BCUT2D eigenvalue weighted by Gasteiger charge is 2.09. The van der Waals surface area contributed by atoms with Crippen LogP contribution in [-0.2, 0) is 6.54 Å². The molecule has 1 N–H and O–H groups in total. The van der Waals surface area contributed by atoms with Gasteiger partial charge in [0, 0.05) is 11.6 Å². The normalized spacial score (nSPS) is 11.1. The van der Waals surface area contributed by atoms with Crippen LogP contribution < -0.4 is 5.32 Å². The van der Waals surface area contributed by atoms with Crippen LogP contribution in [0.15, 0.2) is 28.8 Å². The molecule has 4 nitrogen and oxygen atoms in total. The average Bonchev–Trinajstić information content (AvgIpc) is 2.75. The highest BCUT2D eigenvalue weighted by Crippen LogP contribution is 2.17. The van der Waals surface area contributed by atoms with Crippen molar-refractivity contribution in [2.24, 2.45) is 0 Å².